The van der Waals surface area contributed by atoms with E-state index in [2.05, 4.69) is 20.8 Å². The van der Waals surface area contributed by atoms with Crippen molar-refractivity contribution < 1.29 is 4.74 Å². The van der Waals surface area contributed by atoms with Crippen molar-refractivity contribution in [1.82, 2.24) is 0 Å². The topological polar surface area (TPSA) is 12.5 Å². The monoisotopic (exact) mass is 333 g/mol. The summed E-state index contributed by atoms with van der Waals surface area (Å²) in [5.41, 5.74) is 1.97. The fourth-order valence-corrected chi connectivity index (χ4v) is 2.67. The lowest BCUT2D eigenvalue weighted by molar-refractivity contribution is 0.541. The number of nitrogens with zero attached hydrogens (tertiary/aromatic N) is 1. The summed E-state index contributed by atoms with van der Waals surface area (Å²) in [6.07, 6.45) is 0. The lowest BCUT2D eigenvalue weighted by atomic mass is 9.87. The third-order valence-electron chi connectivity index (χ3n) is 3.37. The standard InChI is InChI=1S/C18H20ClNOS/c1-18(2,3)15-12-14(10-11-16(15)19)21-17(22)20(4)13-8-6-5-7-9-13/h5-12H,1-4H3. The Morgan fingerprint density at radius 3 is 2.32 bits per heavy atom. The molecule has 0 atom stereocenters. The Bertz CT molecular complexity index is 665. The number of hydrogen-bond acceptors (Lipinski definition) is 2. The number of anilines is 1. The molecular formula is C18H20ClNOS. The van der Waals surface area contributed by atoms with Gasteiger partial charge in [-0.25, -0.2) is 0 Å². The zero-order chi connectivity index (χ0) is 16.3. The summed E-state index contributed by atoms with van der Waals surface area (Å²) in [6.45, 7) is 6.35. The average molecular weight is 334 g/mol. The van der Waals surface area contributed by atoms with Crippen LogP contribution in [0, 0.1) is 0 Å². The van der Waals surface area contributed by atoms with Crippen LogP contribution in [0.15, 0.2) is 48.5 Å². The van der Waals surface area contributed by atoms with Crippen LogP contribution in [0.5, 0.6) is 5.75 Å². The first kappa shape index (κ1) is 16.8. The van der Waals surface area contributed by atoms with E-state index in [0.29, 0.717) is 10.9 Å². The van der Waals surface area contributed by atoms with Gasteiger partial charge >= 0.3 is 0 Å². The summed E-state index contributed by atoms with van der Waals surface area (Å²) in [6, 6.07) is 15.5. The molecule has 2 aromatic carbocycles. The molecule has 2 aromatic rings. The zero-order valence-corrected chi connectivity index (χ0v) is 14.8. The molecular weight excluding hydrogens is 314 g/mol. The first-order valence-corrected chi connectivity index (χ1v) is 7.88. The highest BCUT2D eigenvalue weighted by Crippen LogP contribution is 2.32. The summed E-state index contributed by atoms with van der Waals surface area (Å²) in [7, 11) is 1.89. The van der Waals surface area contributed by atoms with Gasteiger partial charge in [0.2, 0.25) is 0 Å². The Balaban J connectivity index is 2.19. The molecule has 22 heavy (non-hydrogen) atoms. The number of halogens is 1. The molecule has 0 aliphatic heterocycles. The molecule has 0 saturated heterocycles. The van der Waals surface area contributed by atoms with Crippen LogP contribution in [0.3, 0.4) is 0 Å². The Morgan fingerprint density at radius 2 is 1.73 bits per heavy atom. The molecule has 0 aliphatic carbocycles. The molecule has 116 valence electrons. The molecule has 0 spiro atoms. The van der Waals surface area contributed by atoms with E-state index in [4.69, 9.17) is 28.6 Å². The summed E-state index contributed by atoms with van der Waals surface area (Å²) >= 11 is 11.7. The van der Waals surface area contributed by atoms with E-state index >= 15 is 0 Å². The second-order valence-electron chi connectivity index (χ2n) is 6.15. The van der Waals surface area contributed by atoms with E-state index in [1.807, 2.05) is 60.5 Å². The van der Waals surface area contributed by atoms with Crippen LogP contribution < -0.4 is 9.64 Å². The predicted octanol–water partition coefficient (Wildman–Crippen LogP) is 5.44. The van der Waals surface area contributed by atoms with Crippen LogP contribution in [0.1, 0.15) is 26.3 Å². The van der Waals surface area contributed by atoms with Gasteiger partial charge in [-0.3, -0.25) is 0 Å². The number of thiocarbonyl (C=S) groups is 1. The number of rotatable bonds is 2. The highest BCUT2D eigenvalue weighted by atomic mass is 35.5. The van der Waals surface area contributed by atoms with Crippen LogP contribution in [0.2, 0.25) is 5.02 Å². The summed E-state index contributed by atoms with van der Waals surface area (Å²) in [5, 5.41) is 1.13. The first-order chi connectivity index (χ1) is 10.3. The Hall–Kier alpha value is -1.58. The van der Waals surface area contributed by atoms with Gasteiger partial charge in [0, 0.05) is 17.8 Å². The van der Waals surface area contributed by atoms with Gasteiger partial charge in [-0.2, -0.15) is 0 Å². The van der Waals surface area contributed by atoms with Gasteiger partial charge in [-0.05, 0) is 53.5 Å². The Morgan fingerprint density at radius 1 is 1.09 bits per heavy atom. The molecule has 0 heterocycles. The van der Waals surface area contributed by atoms with E-state index in [1.54, 1.807) is 0 Å². The molecule has 2 rings (SSSR count). The molecule has 0 unspecified atom stereocenters. The zero-order valence-electron chi connectivity index (χ0n) is 13.3. The van der Waals surface area contributed by atoms with Crippen LogP contribution in [0.25, 0.3) is 0 Å². The minimum absolute atomic E-state index is 0.0522. The molecule has 4 heteroatoms. The molecule has 0 fully saturated rings. The first-order valence-electron chi connectivity index (χ1n) is 7.09. The van der Waals surface area contributed by atoms with E-state index in [1.165, 1.54) is 0 Å². The maximum Gasteiger partial charge on any atom is 0.269 e. The van der Waals surface area contributed by atoms with Crippen molar-refractivity contribution in [3.63, 3.8) is 0 Å². The fourth-order valence-electron chi connectivity index (χ4n) is 2.07. The van der Waals surface area contributed by atoms with Crippen LogP contribution in [0.4, 0.5) is 5.69 Å². The molecule has 0 bridgehead atoms. The van der Waals surface area contributed by atoms with Gasteiger partial charge < -0.3 is 9.64 Å². The number of ether oxygens (including phenoxy) is 1. The van der Waals surface area contributed by atoms with E-state index in [-0.39, 0.29) is 5.41 Å². The molecule has 2 nitrogen and oxygen atoms in total. The molecule has 0 aromatic heterocycles. The minimum Gasteiger partial charge on any atom is -0.432 e. The minimum atomic E-state index is -0.0522. The van der Waals surface area contributed by atoms with Crippen molar-refractivity contribution in [3.8, 4) is 5.75 Å². The maximum atomic E-state index is 6.28. The summed E-state index contributed by atoms with van der Waals surface area (Å²) in [5.74, 6) is 0.696. The van der Waals surface area contributed by atoms with Crippen molar-refractivity contribution >= 4 is 34.7 Å². The SMILES string of the molecule is CN(C(=S)Oc1ccc(Cl)c(C(C)(C)C)c1)c1ccccc1. The lowest BCUT2D eigenvalue weighted by Crippen LogP contribution is -2.29. The summed E-state index contributed by atoms with van der Waals surface area (Å²) < 4.78 is 5.82. The quantitative estimate of drug-likeness (QED) is 0.679. The van der Waals surface area contributed by atoms with Crippen molar-refractivity contribution in [2.45, 2.75) is 26.2 Å². The van der Waals surface area contributed by atoms with Crippen LogP contribution >= 0.6 is 23.8 Å². The second kappa shape index (κ2) is 6.67. The molecule has 0 radical (unpaired) electrons. The van der Waals surface area contributed by atoms with E-state index in [9.17, 15) is 0 Å². The largest absolute Gasteiger partial charge is 0.432 e. The highest BCUT2D eigenvalue weighted by Gasteiger charge is 2.19. The molecule has 0 saturated carbocycles. The normalized spacial score (nSPS) is 11.1. The van der Waals surface area contributed by atoms with Gasteiger partial charge in [-0.15, -0.1) is 0 Å². The highest BCUT2D eigenvalue weighted by molar-refractivity contribution is 7.80. The Labute approximate surface area is 142 Å². The number of benzene rings is 2. The third kappa shape index (κ3) is 3.99. The van der Waals surface area contributed by atoms with Crippen LogP contribution in [-0.4, -0.2) is 12.2 Å². The van der Waals surface area contributed by atoms with Crippen molar-refractivity contribution in [2.24, 2.45) is 0 Å². The van der Waals surface area contributed by atoms with Gasteiger partial charge in [0.15, 0.2) is 0 Å². The molecule has 0 N–H and O–H groups in total. The van der Waals surface area contributed by atoms with E-state index in [0.717, 1.165) is 16.3 Å². The van der Waals surface area contributed by atoms with Crippen molar-refractivity contribution in [1.29, 1.82) is 0 Å². The van der Waals surface area contributed by atoms with Gasteiger partial charge in [0.1, 0.15) is 5.75 Å². The van der Waals surface area contributed by atoms with E-state index < -0.39 is 0 Å². The van der Waals surface area contributed by atoms with Crippen molar-refractivity contribution in [2.75, 3.05) is 11.9 Å². The smallest absolute Gasteiger partial charge is 0.269 e. The fraction of sp³-hybridized carbons (Fsp3) is 0.278. The molecule has 0 aliphatic rings. The molecule has 0 amide bonds. The van der Waals surface area contributed by atoms with Gasteiger partial charge in [0.05, 0.1) is 0 Å². The maximum absolute atomic E-state index is 6.28. The summed E-state index contributed by atoms with van der Waals surface area (Å²) in [4.78, 5) is 1.83. The lowest BCUT2D eigenvalue weighted by Gasteiger charge is -2.23. The van der Waals surface area contributed by atoms with Crippen LogP contribution in [-0.2, 0) is 5.41 Å². The predicted molar refractivity (Wildman–Crippen MR) is 98.2 cm³/mol. The van der Waals surface area contributed by atoms with Crippen molar-refractivity contribution in [3.05, 3.63) is 59.1 Å². The second-order valence-corrected chi connectivity index (χ2v) is 6.91. The number of para-hydroxylation sites is 1. The van der Waals surface area contributed by atoms with Gasteiger partial charge in [0.25, 0.3) is 5.17 Å². The van der Waals surface area contributed by atoms with Gasteiger partial charge in [-0.1, -0.05) is 50.6 Å². The number of hydrogen-bond donors (Lipinski definition) is 0. The third-order valence-corrected chi connectivity index (χ3v) is 4.06. The Kier molecular flexibility index (Phi) is 5.09. The average Bonchev–Trinajstić information content (AvgIpc) is 2.48.